The molecule has 1 N–H and O–H groups in total. The number of nitrogens with zero attached hydrogens (tertiary/aromatic N) is 4. The van der Waals surface area contributed by atoms with Crippen LogP contribution in [0.1, 0.15) is 6.92 Å². The molecule has 0 bridgehead atoms. The predicted octanol–water partition coefficient (Wildman–Crippen LogP) is 0.652. The van der Waals surface area contributed by atoms with Gasteiger partial charge in [-0.15, -0.1) is 0 Å². The van der Waals surface area contributed by atoms with Crippen molar-refractivity contribution < 1.29 is 14.3 Å². The van der Waals surface area contributed by atoms with Gasteiger partial charge < -0.3 is 24.8 Å². The minimum atomic E-state index is -0.192. The van der Waals surface area contributed by atoms with E-state index in [1.165, 1.54) is 12.8 Å². The van der Waals surface area contributed by atoms with Gasteiger partial charge in [-0.05, 0) is 18.1 Å². The van der Waals surface area contributed by atoms with Crippen molar-refractivity contribution in [3.8, 4) is 0 Å². The molecule has 158 valence electrons. The Kier molecular flexibility index (Phi) is 6.95. The summed E-state index contributed by atoms with van der Waals surface area (Å²) in [6.07, 6.45) is 0. The molecule has 0 aromatic heterocycles. The number of amides is 1. The Morgan fingerprint density at radius 2 is 1.79 bits per heavy atom. The van der Waals surface area contributed by atoms with Crippen molar-refractivity contribution in [2.75, 3.05) is 64.9 Å². The van der Waals surface area contributed by atoms with E-state index in [4.69, 9.17) is 4.74 Å². The zero-order valence-corrected chi connectivity index (χ0v) is 17.5. The van der Waals surface area contributed by atoms with Crippen LogP contribution in [-0.4, -0.2) is 87.6 Å². The molecule has 8 heteroatoms. The van der Waals surface area contributed by atoms with E-state index in [1.54, 1.807) is 7.05 Å². The highest BCUT2D eigenvalue weighted by Crippen LogP contribution is 2.24. The maximum Gasteiger partial charge on any atom is 0.310 e. The Balaban J connectivity index is 1.47. The van der Waals surface area contributed by atoms with Gasteiger partial charge in [0.05, 0.1) is 19.6 Å². The van der Waals surface area contributed by atoms with Crippen LogP contribution in [0.25, 0.3) is 0 Å². The summed E-state index contributed by atoms with van der Waals surface area (Å²) >= 11 is 0. The number of hydrogen-bond acceptors (Lipinski definition) is 5. The predicted molar refractivity (Wildman–Crippen MR) is 113 cm³/mol. The fourth-order valence-electron chi connectivity index (χ4n) is 4.05. The van der Waals surface area contributed by atoms with Gasteiger partial charge in [0, 0.05) is 52.0 Å². The fraction of sp³-hybridized carbons (Fsp3) is 0.571. The summed E-state index contributed by atoms with van der Waals surface area (Å²) < 4.78 is 4.89. The summed E-state index contributed by atoms with van der Waals surface area (Å²) in [5, 5.41) is 3.17. The van der Waals surface area contributed by atoms with E-state index in [0.29, 0.717) is 32.1 Å². The second-order valence-corrected chi connectivity index (χ2v) is 7.62. The van der Waals surface area contributed by atoms with Crippen LogP contribution in [0.4, 0.5) is 5.69 Å². The third-order valence-electron chi connectivity index (χ3n) is 5.78. The number of esters is 1. The van der Waals surface area contributed by atoms with Gasteiger partial charge in [-0.1, -0.05) is 25.1 Å². The van der Waals surface area contributed by atoms with E-state index < -0.39 is 0 Å². The standard InChI is InChI=1S/C21H31N5O3/c1-16-14-26(15-18(16)20(28)29-3)21(22-2)23-13-19(27)25-11-9-24(10-12-25)17-7-5-4-6-8-17/h4-8,16,18H,9-15H2,1-3H3,(H,22,23). The third-order valence-corrected chi connectivity index (χ3v) is 5.78. The summed E-state index contributed by atoms with van der Waals surface area (Å²) in [5.41, 5.74) is 1.20. The average Bonchev–Trinajstić information content (AvgIpc) is 3.15. The maximum absolute atomic E-state index is 12.7. The molecule has 2 aliphatic rings. The van der Waals surface area contributed by atoms with Gasteiger partial charge in [-0.25, -0.2) is 0 Å². The minimum Gasteiger partial charge on any atom is -0.469 e. The highest BCUT2D eigenvalue weighted by molar-refractivity contribution is 5.87. The van der Waals surface area contributed by atoms with Crippen molar-refractivity contribution in [2.24, 2.45) is 16.8 Å². The number of piperazine rings is 1. The van der Waals surface area contributed by atoms with Crippen LogP contribution in [0.2, 0.25) is 0 Å². The van der Waals surface area contributed by atoms with Crippen LogP contribution in [0.5, 0.6) is 0 Å². The van der Waals surface area contributed by atoms with E-state index in [1.807, 2.05) is 34.9 Å². The molecular formula is C21H31N5O3. The molecule has 2 saturated heterocycles. The number of guanidine groups is 1. The lowest BCUT2D eigenvalue weighted by Crippen LogP contribution is -2.52. The number of anilines is 1. The van der Waals surface area contributed by atoms with Crippen LogP contribution >= 0.6 is 0 Å². The number of carbonyl (C=O) groups is 2. The molecular weight excluding hydrogens is 370 g/mol. The number of methoxy groups -OCH3 is 1. The molecule has 3 rings (SSSR count). The van der Waals surface area contributed by atoms with Crippen molar-refractivity contribution >= 4 is 23.5 Å². The SMILES string of the molecule is CN=C(NCC(=O)N1CCN(c2ccccc2)CC1)N1CC(C)C(C(=O)OC)C1. The molecule has 29 heavy (non-hydrogen) atoms. The van der Waals surface area contributed by atoms with E-state index >= 15 is 0 Å². The van der Waals surface area contributed by atoms with E-state index in [2.05, 4.69) is 27.3 Å². The number of para-hydroxylation sites is 1. The first kappa shape index (κ1) is 21.0. The summed E-state index contributed by atoms with van der Waals surface area (Å²) in [5.74, 6) is 0.543. The molecule has 8 nitrogen and oxygen atoms in total. The number of aliphatic imine (C=N–C) groups is 1. The Morgan fingerprint density at radius 3 is 2.41 bits per heavy atom. The molecule has 0 saturated carbocycles. The number of carbonyl (C=O) groups excluding carboxylic acids is 2. The maximum atomic E-state index is 12.7. The number of likely N-dealkylation sites (tertiary alicyclic amines) is 1. The molecule has 0 radical (unpaired) electrons. The Bertz CT molecular complexity index is 731. The van der Waals surface area contributed by atoms with Crippen molar-refractivity contribution in [2.45, 2.75) is 6.92 Å². The average molecular weight is 402 g/mol. The van der Waals surface area contributed by atoms with Crippen molar-refractivity contribution in [3.63, 3.8) is 0 Å². The second-order valence-electron chi connectivity index (χ2n) is 7.62. The molecule has 2 aliphatic heterocycles. The Morgan fingerprint density at radius 1 is 1.10 bits per heavy atom. The van der Waals surface area contributed by atoms with Gasteiger partial charge in [-0.2, -0.15) is 0 Å². The zero-order chi connectivity index (χ0) is 20.8. The second kappa shape index (κ2) is 9.62. The van der Waals surface area contributed by atoms with Crippen LogP contribution in [-0.2, 0) is 14.3 Å². The van der Waals surface area contributed by atoms with Gasteiger partial charge in [0.25, 0.3) is 0 Å². The van der Waals surface area contributed by atoms with E-state index in [0.717, 1.165) is 13.1 Å². The third kappa shape index (κ3) is 4.99. The highest BCUT2D eigenvalue weighted by atomic mass is 16.5. The largest absolute Gasteiger partial charge is 0.469 e. The Labute approximate surface area is 172 Å². The topological polar surface area (TPSA) is 77.5 Å². The van der Waals surface area contributed by atoms with Crippen LogP contribution in [0, 0.1) is 11.8 Å². The van der Waals surface area contributed by atoms with Gasteiger partial charge >= 0.3 is 5.97 Å². The molecule has 2 fully saturated rings. The first-order chi connectivity index (χ1) is 14.0. The fourth-order valence-corrected chi connectivity index (χ4v) is 4.05. The summed E-state index contributed by atoms with van der Waals surface area (Å²) in [6.45, 7) is 6.57. The lowest BCUT2D eigenvalue weighted by Gasteiger charge is -2.36. The van der Waals surface area contributed by atoms with Gasteiger partial charge in [-0.3, -0.25) is 14.6 Å². The van der Waals surface area contributed by atoms with Crippen LogP contribution < -0.4 is 10.2 Å². The minimum absolute atomic E-state index is 0.0654. The summed E-state index contributed by atoms with van der Waals surface area (Å²) in [6, 6.07) is 10.3. The Hall–Kier alpha value is -2.77. The number of nitrogens with one attached hydrogen (secondary N) is 1. The molecule has 1 aromatic rings. The molecule has 0 aliphatic carbocycles. The lowest BCUT2D eigenvalue weighted by molar-refractivity contribution is -0.146. The molecule has 2 unspecified atom stereocenters. The van der Waals surface area contributed by atoms with E-state index in [-0.39, 0.29) is 30.3 Å². The molecule has 1 aromatic carbocycles. The zero-order valence-electron chi connectivity index (χ0n) is 17.5. The quantitative estimate of drug-likeness (QED) is 0.454. The van der Waals surface area contributed by atoms with Gasteiger partial charge in [0.15, 0.2) is 5.96 Å². The van der Waals surface area contributed by atoms with Crippen molar-refractivity contribution in [1.82, 2.24) is 15.1 Å². The molecule has 2 heterocycles. The first-order valence-electron chi connectivity index (χ1n) is 10.1. The van der Waals surface area contributed by atoms with Crippen molar-refractivity contribution in [1.29, 1.82) is 0 Å². The van der Waals surface area contributed by atoms with Gasteiger partial charge in [0.1, 0.15) is 0 Å². The molecule has 2 atom stereocenters. The first-order valence-corrected chi connectivity index (χ1v) is 10.1. The van der Waals surface area contributed by atoms with Crippen LogP contribution in [0.15, 0.2) is 35.3 Å². The van der Waals surface area contributed by atoms with Crippen molar-refractivity contribution in [3.05, 3.63) is 30.3 Å². The van der Waals surface area contributed by atoms with Gasteiger partial charge in [0.2, 0.25) is 5.91 Å². The molecule has 1 amide bonds. The van der Waals surface area contributed by atoms with Crippen LogP contribution in [0.3, 0.4) is 0 Å². The smallest absolute Gasteiger partial charge is 0.310 e. The monoisotopic (exact) mass is 401 g/mol. The number of rotatable bonds is 4. The normalized spacial score (nSPS) is 22.6. The molecule has 0 spiro atoms. The number of benzene rings is 1. The van der Waals surface area contributed by atoms with E-state index in [9.17, 15) is 9.59 Å². The number of hydrogen-bond donors (Lipinski definition) is 1. The highest BCUT2D eigenvalue weighted by Gasteiger charge is 2.37. The number of ether oxygens (including phenoxy) is 1. The lowest BCUT2D eigenvalue weighted by atomic mass is 9.99. The summed E-state index contributed by atoms with van der Waals surface area (Å²) in [7, 11) is 3.11. The summed E-state index contributed by atoms with van der Waals surface area (Å²) in [4.78, 5) is 35.1.